The standard InChI is InChI=1S/C36H49NO9/c1-35(2,3)46-31(38)23-44-27-12-10-11-26(22-27)25(16-14-24-15-17-29(42-6)30(21-24)43-7)18-19-36(4,5)32(39)34(41)45-33(40)28-13-8-9-20-37-28/h10-12,15,17,21-22,25,28,37H,8-9,13-14,16,18-20,23H2,1-7H3/t25-,28+/m1/s1. The summed E-state index contributed by atoms with van der Waals surface area (Å²) in [5, 5.41) is 3.04. The van der Waals surface area contributed by atoms with Gasteiger partial charge in [-0.15, -0.1) is 0 Å². The Morgan fingerprint density at radius 1 is 0.913 bits per heavy atom. The second kappa shape index (κ2) is 16.6. The molecule has 2 aromatic rings. The van der Waals surface area contributed by atoms with E-state index in [1.54, 1.807) is 54.9 Å². The lowest BCUT2D eigenvalue weighted by molar-refractivity contribution is -0.168. The molecule has 10 heteroatoms. The fraction of sp³-hybridized carbons (Fsp3) is 0.556. The summed E-state index contributed by atoms with van der Waals surface area (Å²) in [6.45, 7) is 9.24. The molecule has 0 amide bonds. The molecule has 0 aromatic heterocycles. The van der Waals surface area contributed by atoms with Crippen LogP contribution in [0.1, 0.15) is 90.2 Å². The van der Waals surface area contributed by atoms with Crippen molar-refractivity contribution in [1.82, 2.24) is 5.32 Å². The predicted octanol–water partition coefficient (Wildman–Crippen LogP) is 5.73. The molecule has 0 bridgehead atoms. The van der Waals surface area contributed by atoms with E-state index in [1.807, 2.05) is 36.4 Å². The van der Waals surface area contributed by atoms with Gasteiger partial charge in [0.25, 0.3) is 0 Å². The van der Waals surface area contributed by atoms with Gasteiger partial charge in [0.1, 0.15) is 17.4 Å². The number of carbonyl (C=O) groups is 4. The molecule has 2 atom stereocenters. The van der Waals surface area contributed by atoms with E-state index in [4.69, 9.17) is 23.7 Å². The van der Waals surface area contributed by atoms with Crippen LogP contribution in [0.15, 0.2) is 42.5 Å². The lowest BCUT2D eigenvalue weighted by Crippen LogP contribution is -2.44. The van der Waals surface area contributed by atoms with E-state index in [0.29, 0.717) is 55.9 Å². The fourth-order valence-electron chi connectivity index (χ4n) is 5.41. The Kier molecular flexibility index (Phi) is 13.2. The number of rotatable bonds is 15. The first-order chi connectivity index (χ1) is 21.7. The van der Waals surface area contributed by atoms with Crippen LogP contribution in [0.2, 0.25) is 0 Å². The van der Waals surface area contributed by atoms with Crippen molar-refractivity contribution in [2.24, 2.45) is 5.41 Å². The number of piperidine rings is 1. The molecule has 0 aliphatic carbocycles. The summed E-state index contributed by atoms with van der Waals surface area (Å²) >= 11 is 0. The van der Waals surface area contributed by atoms with Gasteiger partial charge in [0.05, 0.1) is 14.2 Å². The van der Waals surface area contributed by atoms with E-state index in [1.165, 1.54) is 0 Å². The van der Waals surface area contributed by atoms with Gasteiger partial charge in [0.15, 0.2) is 18.1 Å². The highest BCUT2D eigenvalue weighted by Gasteiger charge is 2.37. The summed E-state index contributed by atoms with van der Waals surface area (Å²) in [6, 6.07) is 12.7. The third-order valence-electron chi connectivity index (χ3n) is 8.04. The number of hydrogen-bond donors (Lipinski definition) is 1. The summed E-state index contributed by atoms with van der Waals surface area (Å²) in [5.74, 6) is -1.26. The second-order valence-electron chi connectivity index (χ2n) is 13.3. The second-order valence-corrected chi connectivity index (χ2v) is 13.3. The number of carbonyl (C=O) groups excluding carboxylic acids is 4. The lowest BCUT2D eigenvalue weighted by Gasteiger charge is -2.26. The summed E-state index contributed by atoms with van der Waals surface area (Å²) < 4.78 is 27.0. The minimum atomic E-state index is -1.12. The van der Waals surface area contributed by atoms with Gasteiger partial charge < -0.3 is 29.0 Å². The molecule has 46 heavy (non-hydrogen) atoms. The van der Waals surface area contributed by atoms with Crippen LogP contribution >= 0.6 is 0 Å². The number of esters is 3. The number of Topliss-reactive ketones (excluding diaryl/α,β-unsaturated/α-hetero) is 1. The Bertz CT molecular complexity index is 1360. The van der Waals surface area contributed by atoms with Crippen molar-refractivity contribution in [2.75, 3.05) is 27.4 Å². The monoisotopic (exact) mass is 639 g/mol. The number of nitrogens with one attached hydrogen (secondary N) is 1. The van der Waals surface area contributed by atoms with Gasteiger partial charge in [-0.25, -0.2) is 14.4 Å². The normalized spacial score (nSPS) is 15.8. The average Bonchev–Trinajstić information content (AvgIpc) is 3.02. The minimum absolute atomic E-state index is 0.0330. The Labute approximate surface area is 272 Å². The Balaban J connectivity index is 1.74. The number of aryl methyl sites for hydroxylation is 1. The van der Waals surface area contributed by atoms with Gasteiger partial charge >= 0.3 is 17.9 Å². The number of hydrogen-bond acceptors (Lipinski definition) is 10. The summed E-state index contributed by atoms with van der Waals surface area (Å²) in [4.78, 5) is 50.7. The van der Waals surface area contributed by atoms with Crippen LogP contribution in [0.5, 0.6) is 17.2 Å². The summed E-state index contributed by atoms with van der Waals surface area (Å²) in [7, 11) is 3.18. The van der Waals surface area contributed by atoms with Crippen LogP contribution in [0.25, 0.3) is 0 Å². The molecule has 1 heterocycles. The molecule has 0 unspecified atom stereocenters. The highest BCUT2D eigenvalue weighted by molar-refractivity contribution is 6.37. The van der Waals surface area contributed by atoms with Gasteiger partial charge in [-0.3, -0.25) is 4.79 Å². The van der Waals surface area contributed by atoms with Gasteiger partial charge in [0.2, 0.25) is 5.78 Å². The molecule has 1 aliphatic heterocycles. The van der Waals surface area contributed by atoms with Crippen LogP contribution in [0, 0.1) is 5.41 Å². The number of benzene rings is 2. The van der Waals surface area contributed by atoms with Gasteiger partial charge in [-0.05, 0) is 107 Å². The third-order valence-corrected chi connectivity index (χ3v) is 8.04. The van der Waals surface area contributed by atoms with Crippen molar-refractivity contribution in [1.29, 1.82) is 0 Å². The molecular formula is C36H49NO9. The molecule has 1 fully saturated rings. The Morgan fingerprint density at radius 2 is 1.65 bits per heavy atom. The maximum Gasteiger partial charge on any atom is 0.382 e. The molecule has 0 radical (unpaired) electrons. The highest BCUT2D eigenvalue weighted by Crippen LogP contribution is 2.36. The topological polar surface area (TPSA) is 126 Å². The molecule has 1 N–H and O–H groups in total. The SMILES string of the molecule is COc1ccc(CC[C@H](CCC(C)(C)C(=O)C(=O)OC(=O)[C@@H]2CCCCN2)c2cccc(OCC(=O)OC(C)(C)C)c2)cc1OC. The molecule has 0 saturated carbocycles. The number of ketones is 1. The largest absolute Gasteiger partial charge is 0.493 e. The first-order valence-electron chi connectivity index (χ1n) is 15.9. The number of ether oxygens (including phenoxy) is 5. The quantitative estimate of drug-likeness (QED) is 0.147. The van der Waals surface area contributed by atoms with E-state index in [-0.39, 0.29) is 12.5 Å². The fourth-order valence-corrected chi connectivity index (χ4v) is 5.41. The van der Waals surface area contributed by atoms with Crippen molar-refractivity contribution < 1.29 is 42.9 Å². The number of methoxy groups -OCH3 is 2. The molecule has 1 aliphatic rings. The van der Waals surface area contributed by atoms with E-state index in [2.05, 4.69) is 5.32 Å². The Hall–Kier alpha value is -3.92. The first-order valence-corrected chi connectivity index (χ1v) is 15.9. The maximum atomic E-state index is 13.2. The molecule has 1 saturated heterocycles. The van der Waals surface area contributed by atoms with Crippen LogP contribution in [-0.4, -0.2) is 62.7 Å². The molecule has 3 rings (SSSR count). The van der Waals surface area contributed by atoms with Crippen LogP contribution in [-0.2, 0) is 35.1 Å². The maximum absolute atomic E-state index is 13.2. The zero-order chi connectivity index (χ0) is 33.9. The van der Waals surface area contributed by atoms with Crippen LogP contribution < -0.4 is 19.5 Å². The molecule has 2 aromatic carbocycles. The molecule has 0 spiro atoms. The van der Waals surface area contributed by atoms with Gasteiger partial charge in [-0.2, -0.15) is 0 Å². The summed E-state index contributed by atoms with van der Waals surface area (Å²) in [5.41, 5.74) is 0.332. The van der Waals surface area contributed by atoms with Crippen molar-refractivity contribution >= 4 is 23.7 Å². The summed E-state index contributed by atoms with van der Waals surface area (Å²) in [6.07, 6.45) is 4.74. The van der Waals surface area contributed by atoms with Crippen molar-refractivity contribution in [3.63, 3.8) is 0 Å². The highest BCUT2D eigenvalue weighted by atomic mass is 16.6. The first kappa shape index (κ1) is 36.5. The predicted molar refractivity (Wildman–Crippen MR) is 173 cm³/mol. The van der Waals surface area contributed by atoms with Gasteiger partial charge in [0, 0.05) is 5.41 Å². The van der Waals surface area contributed by atoms with Crippen molar-refractivity contribution in [2.45, 2.75) is 97.1 Å². The third kappa shape index (κ3) is 11.2. The average molecular weight is 640 g/mol. The van der Waals surface area contributed by atoms with E-state index in [0.717, 1.165) is 24.0 Å². The zero-order valence-electron chi connectivity index (χ0n) is 28.2. The van der Waals surface area contributed by atoms with Crippen molar-refractivity contribution in [3.05, 3.63) is 53.6 Å². The van der Waals surface area contributed by atoms with Gasteiger partial charge in [-0.1, -0.05) is 38.5 Å². The van der Waals surface area contributed by atoms with E-state index in [9.17, 15) is 19.2 Å². The van der Waals surface area contributed by atoms with Crippen LogP contribution in [0.4, 0.5) is 0 Å². The molecular weight excluding hydrogens is 590 g/mol. The van der Waals surface area contributed by atoms with E-state index < -0.39 is 40.7 Å². The Morgan fingerprint density at radius 3 is 2.30 bits per heavy atom. The molecule has 252 valence electrons. The van der Waals surface area contributed by atoms with Crippen molar-refractivity contribution in [3.8, 4) is 17.2 Å². The molecule has 10 nitrogen and oxygen atoms in total. The minimum Gasteiger partial charge on any atom is -0.493 e. The smallest absolute Gasteiger partial charge is 0.382 e. The zero-order valence-corrected chi connectivity index (χ0v) is 28.2. The van der Waals surface area contributed by atoms with E-state index >= 15 is 0 Å². The van der Waals surface area contributed by atoms with Crippen LogP contribution in [0.3, 0.4) is 0 Å². The lowest BCUT2D eigenvalue weighted by atomic mass is 9.78.